The molecule has 0 spiro atoms. The zero-order chi connectivity index (χ0) is 19.8. The molecule has 1 atom stereocenters. The van der Waals surface area contributed by atoms with Crippen molar-refractivity contribution in [1.82, 2.24) is 0 Å². The quantitative estimate of drug-likeness (QED) is 0.394. The molecule has 0 amide bonds. The molecule has 152 valence electrons. The maximum absolute atomic E-state index is 13.4. The van der Waals surface area contributed by atoms with Crippen LogP contribution in [0, 0.1) is 17.3 Å². The summed E-state index contributed by atoms with van der Waals surface area (Å²) in [4.78, 5) is 0. The Labute approximate surface area is 169 Å². The van der Waals surface area contributed by atoms with E-state index >= 15 is 0 Å². The molecular formula is C26H34F2. The molecule has 0 N–H and O–H groups in total. The monoisotopic (exact) mass is 384 g/mol. The predicted molar refractivity (Wildman–Crippen MR) is 115 cm³/mol. The highest BCUT2D eigenvalue weighted by Crippen LogP contribution is 2.49. The molecule has 2 heteroatoms. The summed E-state index contributed by atoms with van der Waals surface area (Å²) in [5.74, 6) is 1.12. The van der Waals surface area contributed by atoms with Crippen LogP contribution in [-0.4, -0.2) is 0 Å². The van der Waals surface area contributed by atoms with Gasteiger partial charge < -0.3 is 0 Å². The van der Waals surface area contributed by atoms with Gasteiger partial charge in [-0.15, -0.1) is 0 Å². The molecule has 1 aromatic rings. The van der Waals surface area contributed by atoms with Crippen LogP contribution in [0.15, 0.2) is 60.7 Å². The third kappa shape index (κ3) is 5.43. The zero-order valence-electron chi connectivity index (χ0n) is 17.2. The topological polar surface area (TPSA) is 0 Å². The number of benzene rings is 1. The Kier molecular flexibility index (Phi) is 7.65. The standard InChI is InChI=1S/C26H34F2/c1-2-3-4-6-9-21-12-14-24(15-13-21)26(20-25(27)28)18-16-23(17-19-26)22-10-7-5-8-11-22/h5,7-8,10-11,16-18,20-21,24H,2-4,6,9,12-15,19H2,1H3/t21-,24-,26?. The van der Waals surface area contributed by atoms with E-state index in [0.717, 1.165) is 29.9 Å². The van der Waals surface area contributed by atoms with Gasteiger partial charge in [-0.05, 0) is 48.3 Å². The van der Waals surface area contributed by atoms with Crippen LogP contribution in [0.4, 0.5) is 8.78 Å². The lowest BCUT2D eigenvalue weighted by Gasteiger charge is -2.41. The van der Waals surface area contributed by atoms with E-state index in [0.29, 0.717) is 12.3 Å². The molecule has 2 aliphatic rings. The summed E-state index contributed by atoms with van der Waals surface area (Å²) in [6.45, 7) is 2.25. The highest BCUT2D eigenvalue weighted by molar-refractivity contribution is 5.75. The van der Waals surface area contributed by atoms with Crippen molar-refractivity contribution in [2.75, 3.05) is 0 Å². The van der Waals surface area contributed by atoms with Crippen LogP contribution in [0.5, 0.6) is 0 Å². The first-order valence-electron chi connectivity index (χ1n) is 11.1. The van der Waals surface area contributed by atoms with Crippen LogP contribution in [0.25, 0.3) is 5.57 Å². The Morgan fingerprint density at radius 1 is 1.04 bits per heavy atom. The van der Waals surface area contributed by atoms with E-state index in [9.17, 15) is 8.78 Å². The van der Waals surface area contributed by atoms with Crippen molar-refractivity contribution < 1.29 is 8.78 Å². The van der Waals surface area contributed by atoms with Crippen LogP contribution < -0.4 is 0 Å². The van der Waals surface area contributed by atoms with E-state index in [4.69, 9.17) is 0 Å². The van der Waals surface area contributed by atoms with Crippen LogP contribution in [0.2, 0.25) is 0 Å². The van der Waals surface area contributed by atoms with Crippen molar-refractivity contribution in [2.45, 2.75) is 71.1 Å². The minimum Gasteiger partial charge on any atom is -0.174 e. The molecule has 1 saturated carbocycles. The van der Waals surface area contributed by atoms with Gasteiger partial charge in [0.25, 0.3) is 6.08 Å². The highest BCUT2D eigenvalue weighted by atomic mass is 19.3. The summed E-state index contributed by atoms with van der Waals surface area (Å²) in [6, 6.07) is 10.2. The fourth-order valence-corrected chi connectivity index (χ4v) is 5.09. The van der Waals surface area contributed by atoms with Crippen molar-refractivity contribution in [2.24, 2.45) is 17.3 Å². The van der Waals surface area contributed by atoms with Gasteiger partial charge in [0.1, 0.15) is 0 Å². The zero-order valence-corrected chi connectivity index (χ0v) is 17.2. The molecule has 28 heavy (non-hydrogen) atoms. The van der Waals surface area contributed by atoms with Crippen molar-refractivity contribution >= 4 is 5.57 Å². The maximum atomic E-state index is 13.4. The highest BCUT2D eigenvalue weighted by Gasteiger charge is 2.38. The first-order chi connectivity index (χ1) is 13.6. The van der Waals surface area contributed by atoms with Crippen LogP contribution in [0.3, 0.4) is 0 Å². The molecule has 2 aliphatic carbocycles. The van der Waals surface area contributed by atoms with E-state index in [1.165, 1.54) is 51.0 Å². The molecule has 0 aliphatic heterocycles. The lowest BCUT2D eigenvalue weighted by molar-refractivity contribution is 0.171. The largest absolute Gasteiger partial charge is 0.267 e. The minimum atomic E-state index is -1.54. The Bertz CT molecular complexity index is 688. The van der Waals surface area contributed by atoms with Gasteiger partial charge in [0.05, 0.1) is 0 Å². The number of allylic oxidation sites excluding steroid dienone is 5. The van der Waals surface area contributed by atoms with Crippen LogP contribution in [-0.2, 0) is 0 Å². The average molecular weight is 385 g/mol. The van der Waals surface area contributed by atoms with Gasteiger partial charge in [-0.1, -0.05) is 100 Å². The molecule has 0 nitrogen and oxygen atoms in total. The van der Waals surface area contributed by atoms with Crippen LogP contribution in [0.1, 0.15) is 76.7 Å². The van der Waals surface area contributed by atoms with E-state index in [-0.39, 0.29) is 0 Å². The molecule has 1 unspecified atom stereocenters. The Balaban J connectivity index is 1.64. The molecule has 0 radical (unpaired) electrons. The van der Waals surface area contributed by atoms with Crippen LogP contribution >= 0.6 is 0 Å². The summed E-state index contributed by atoms with van der Waals surface area (Å²) in [5.41, 5.74) is 1.80. The van der Waals surface area contributed by atoms with Crippen molar-refractivity contribution in [1.29, 1.82) is 0 Å². The molecule has 1 aromatic carbocycles. The number of hydrogen-bond acceptors (Lipinski definition) is 0. The number of hydrogen-bond donors (Lipinski definition) is 0. The van der Waals surface area contributed by atoms with Crippen molar-refractivity contribution in [3.05, 3.63) is 66.3 Å². The Morgan fingerprint density at radius 2 is 1.79 bits per heavy atom. The summed E-state index contributed by atoms with van der Waals surface area (Å²) in [6.07, 6.45) is 17.8. The SMILES string of the molecule is CCCCCC[C@H]1CC[C@H](C2(C=C(F)F)C=CC(c3ccccc3)=CC2)CC1. The fraction of sp³-hybridized carbons (Fsp3) is 0.538. The first kappa shape index (κ1) is 21.0. The normalized spacial score (nSPS) is 27.3. The second-order valence-corrected chi connectivity index (χ2v) is 8.68. The molecule has 1 fully saturated rings. The summed E-state index contributed by atoms with van der Waals surface area (Å²) >= 11 is 0. The molecule has 0 bridgehead atoms. The Hall–Kier alpha value is -1.70. The van der Waals surface area contributed by atoms with Gasteiger partial charge >= 0.3 is 0 Å². The van der Waals surface area contributed by atoms with E-state index in [1.54, 1.807) is 0 Å². The number of rotatable bonds is 8. The van der Waals surface area contributed by atoms with E-state index in [2.05, 4.69) is 37.3 Å². The van der Waals surface area contributed by atoms with Gasteiger partial charge in [0, 0.05) is 5.41 Å². The fourth-order valence-electron chi connectivity index (χ4n) is 5.09. The van der Waals surface area contributed by atoms with E-state index < -0.39 is 11.5 Å². The smallest absolute Gasteiger partial charge is 0.174 e. The summed E-state index contributed by atoms with van der Waals surface area (Å²) in [7, 11) is 0. The van der Waals surface area contributed by atoms with Crippen molar-refractivity contribution in [3.63, 3.8) is 0 Å². The van der Waals surface area contributed by atoms with E-state index in [1.807, 2.05) is 18.2 Å². The number of unbranched alkanes of at least 4 members (excludes halogenated alkanes) is 3. The molecular weight excluding hydrogens is 350 g/mol. The lowest BCUT2D eigenvalue weighted by atomic mass is 9.63. The number of halogens is 2. The van der Waals surface area contributed by atoms with Gasteiger partial charge in [-0.2, -0.15) is 8.78 Å². The molecule has 0 aromatic heterocycles. The van der Waals surface area contributed by atoms with Gasteiger partial charge in [-0.25, -0.2) is 0 Å². The third-order valence-corrected chi connectivity index (χ3v) is 6.81. The Morgan fingerprint density at radius 3 is 2.39 bits per heavy atom. The minimum absolute atomic E-state index is 0.325. The van der Waals surface area contributed by atoms with Crippen molar-refractivity contribution in [3.8, 4) is 0 Å². The van der Waals surface area contributed by atoms with Gasteiger partial charge in [0.15, 0.2) is 0 Å². The van der Waals surface area contributed by atoms with Gasteiger partial charge in [0.2, 0.25) is 0 Å². The summed E-state index contributed by atoms with van der Waals surface area (Å²) < 4.78 is 26.7. The first-order valence-corrected chi connectivity index (χ1v) is 11.1. The molecule has 3 rings (SSSR count). The second kappa shape index (κ2) is 10.2. The maximum Gasteiger partial charge on any atom is 0.267 e. The second-order valence-electron chi connectivity index (χ2n) is 8.68. The summed E-state index contributed by atoms with van der Waals surface area (Å²) in [5, 5.41) is 0. The predicted octanol–water partition coefficient (Wildman–Crippen LogP) is 8.57. The molecule has 0 saturated heterocycles. The lowest BCUT2D eigenvalue weighted by Crippen LogP contribution is -2.31. The average Bonchev–Trinajstić information content (AvgIpc) is 2.72. The third-order valence-electron chi connectivity index (χ3n) is 6.81. The molecule has 0 heterocycles. The van der Waals surface area contributed by atoms with Gasteiger partial charge in [-0.3, -0.25) is 0 Å².